The van der Waals surface area contributed by atoms with E-state index in [9.17, 15) is 8.78 Å². The number of halogens is 4. The molecule has 0 bridgehead atoms. The Bertz CT molecular complexity index is 412. The number of hydrogen-bond acceptors (Lipinski definition) is 3. The highest BCUT2D eigenvalue weighted by Gasteiger charge is 2.30. The van der Waals surface area contributed by atoms with E-state index in [1.165, 1.54) is 6.19 Å². The highest BCUT2D eigenvalue weighted by atomic mass is 35.5. The molecule has 0 aliphatic heterocycles. The van der Waals surface area contributed by atoms with E-state index < -0.39 is 33.1 Å². The van der Waals surface area contributed by atoms with Crippen LogP contribution in [0.2, 0.25) is 0 Å². The van der Waals surface area contributed by atoms with Gasteiger partial charge < -0.3 is 0 Å². The van der Waals surface area contributed by atoms with Crippen molar-refractivity contribution in [3.05, 3.63) is 21.7 Å². The van der Waals surface area contributed by atoms with Crippen molar-refractivity contribution in [1.82, 2.24) is 0 Å². The lowest BCUT2D eigenvalue weighted by atomic mass is 10.1. The average Bonchev–Trinajstić information content (AvgIpc) is 2.19. The van der Waals surface area contributed by atoms with E-state index in [4.69, 9.17) is 33.9 Å². The van der Waals surface area contributed by atoms with E-state index in [1.54, 1.807) is 0 Å². The number of nitrogens with zero attached hydrogens (tertiary/aromatic N) is 2. The second kappa shape index (κ2) is 3.86. The molecule has 0 saturated heterocycles. The first-order chi connectivity index (χ1) is 6.50. The number of nitriles is 1. The first-order valence-corrected chi connectivity index (χ1v) is 3.93. The first-order valence-electron chi connectivity index (χ1n) is 3.18. The molecule has 0 unspecified atom stereocenters. The molecule has 1 rings (SSSR count). The Morgan fingerprint density at radius 2 is 1.79 bits per heavy atom. The number of allylic oxidation sites excluding steroid dienone is 4. The van der Waals surface area contributed by atoms with Crippen molar-refractivity contribution in [3.63, 3.8) is 0 Å². The van der Waals surface area contributed by atoms with E-state index in [0.717, 1.165) is 0 Å². The molecule has 0 saturated carbocycles. The molecular formula is C7HCl2F2N3. The van der Waals surface area contributed by atoms with Gasteiger partial charge in [0.2, 0.25) is 6.19 Å². The molecule has 14 heavy (non-hydrogen) atoms. The molecule has 0 spiro atoms. The molecule has 1 aliphatic carbocycles. The van der Waals surface area contributed by atoms with Crippen LogP contribution in [0, 0.1) is 16.9 Å². The van der Waals surface area contributed by atoms with Crippen LogP contribution in [0.15, 0.2) is 26.7 Å². The SMILES string of the molecule is N#CN=C1C(F)=C(Cl)C(=N)C(F)=C1Cl. The van der Waals surface area contributed by atoms with Crippen LogP contribution in [0.1, 0.15) is 0 Å². The third-order valence-corrected chi connectivity index (χ3v) is 2.10. The zero-order valence-corrected chi connectivity index (χ0v) is 7.92. The summed E-state index contributed by atoms with van der Waals surface area (Å²) in [6.07, 6.45) is 1.25. The molecule has 0 radical (unpaired) electrons. The molecule has 72 valence electrons. The zero-order chi connectivity index (χ0) is 10.9. The number of hydrogen-bond donors (Lipinski definition) is 1. The van der Waals surface area contributed by atoms with Crippen LogP contribution >= 0.6 is 23.2 Å². The van der Waals surface area contributed by atoms with Gasteiger partial charge in [-0.15, -0.1) is 0 Å². The average molecular weight is 236 g/mol. The lowest BCUT2D eigenvalue weighted by Crippen LogP contribution is -2.15. The third kappa shape index (κ3) is 1.54. The van der Waals surface area contributed by atoms with Crippen molar-refractivity contribution in [3.8, 4) is 6.19 Å². The summed E-state index contributed by atoms with van der Waals surface area (Å²) in [5, 5.41) is 13.7. The molecule has 0 heterocycles. The second-order valence-electron chi connectivity index (χ2n) is 2.19. The van der Waals surface area contributed by atoms with Gasteiger partial charge in [0.05, 0.1) is 0 Å². The predicted octanol–water partition coefficient (Wildman–Crippen LogP) is 2.78. The Morgan fingerprint density at radius 3 is 2.29 bits per heavy atom. The van der Waals surface area contributed by atoms with Gasteiger partial charge in [0.15, 0.2) is 11.7 Å². The van der Waals surface area contributed by atoms with E-state index >= 15 is 0 Å². The quantitative estimate of drug-likeness (QED) is 0.510. The fraction of sp³-hybridized carbons (Fsp3) is 0. The molecule has 1 N–H and O–H groups in total. The molecular weight excluding hydrogens is 235 g/mol. The van der Waals surface area contributed by atoms with E-state index in [-0.39, 0.29) is 0 Å². The van der Waals surface area contributed by atoms with Crippen LogP contribution in [0.4, 0.5) is 8.78 Å². The molecule has 0 atom stereocenters. The summed E-state index contributed by atoms with van der Waals surface area (Å²) in [5.74, 6) is -2.38. The van der Waals surface area contributed by atoms with E-state index in [1.807, 2.05) is 0 Å². The summed E-state index contributed by atoms with van der Waals surface area (Å²) < 4.78 is 26.2. The Hall–Kier alpha value is -1.25. The highest BCUT2D eigenvalue weighted by molar-refractivity contribution is 6.56. The van der Waals surface area contributed by atoms with Gasteiger partial charge in [-0.3, -0.25) is 5.41 Å². The van der Waals surface area contributed by atoms with Crippen LogP contribution < -0.4 is 0 Å². The maximum Gasteiger partial charge on any atom is 0.206 e. The first kappa shape index (κ1) is 10.8. The minimum Gasteiger partial charge on any atom is -0.296 e. The molecule has 0 fully saturated rings. The monoisotopic (exact) mass is 235 g/mol. The zero-order valence-electron chi connectivity index (χ0n) is 6.41. The van der Waals surface area contributed by atoms with Gasteiger partial charge in [-0.1, -0.05) is 23.2 Å². The second-order valence-corrected chi connectivity index (χ2v) is 2.95. The molecule has 0 aromatic rings. The summed E-state index contributed by atoms with van der Waals surface area (Å²) in [7, 11) is 0. The van der Waals surface area contributed by atoms with Gasteiger partial charge in [-0.25, -0.2) is 8.78 Å². The van der Waals surface area contributed by atoms with Crippen molar-refractivity contribution in [1.29, 1.82) is 10.7 Å². The minimum atomic E-state index is -1.20. The summed E-state index contributed by atoms with van der Waals surface area (Å²) in [6, 6.07) is 0. The van der Waals surface area contributed by atoms with Gasteiger partial charge in [-0.2, -0.15) is 10.3 Å². The smallest absolute Gasteiger partial charge is 0.206 e. The highest BCUT2D eigenvalue weighted by Crippen LogP contribution is 2.31. The standard InChI is InChI=1S/C7HCl2F2N3/c8-2-5(11)7(14-1-12)3(9)4(10)6(2)13/h13H. The van der Waals surface area contributed by atoms with Crippen LogP contribution in [0.5, 0.6) is 0 Å². The summed E-state index contributed by atoms with van der Waals surface area (Å²) in [6.45, 7) is 0. The molecule has 0 amide bonds. The van der Waals surface area contributed by atoms with Gasteiger partial charge in [0.25, 0.3) is 0 Å². The van der Waals surface area contributed by atoms with Crippen molar-refractivity contribution in [2.24, 2.45) is 4.99 Å². The number of aliphatic imine (C=N–C) groups is 1. The number of nitrogens with one attached hydrogen (secondary N) is 1. The van der Waals surface area contributed by atoms with Gasteiger partial charge in [0.1, 0.15) is 21.5 Å². The Balaban J connectivity index is 3.43. The van der Waals surface area contributed by atoms with Gasteiger partial charge >= 0.3 is 0 Å². The molecule has 0 aromatic carbocycles. The predicted molar refractivity (Wildman–Crippen MR) is 48.7 cm³/mol. The fourth-order valence-corrected chi connectivity index (χ4v) is 1.16. The lowest BCUT2D eigenvalue weighted by Gasteiger charge is -2.11. The minimum absolute atomic E-state index is 0.687. The van der Waals surface area contributed by atoms with Crippen molar-refractivity contribution < 1.29 is 8.78 Å². The largest absolute Gasteiger partial charge is 0.296 e. The Kier molecular flexibility index (Phi) is 2.99. The van der Waals surface area contributed by atoms with Gasteiger partial charge in [-0.05, 0) is 0 Å². The topological polar surface area (TPSA) is 60.0 Å². The normalized spacial score (nSPS) is 20.5. The van der Waals surface area contributed by atoms with E-state index in [2.05, 4.69) is 4.99 Å². The Labute approximate surface area is 87.5 Å². The van der Waals surface area contributed by atoms with Gasteiger partial charge in [0, 0.05) is 0 Å². The molecule has 7 heteroatoms. The van der Waals surface area contributed by atoms with Crippen LogP contribution in [-0.2, 0) is 0 Å². The maximum absolute atomic E-state index is 13.1. The van der Waals surface area contributed by atoms with Crippen molar-refractivity contribution >= 4 is 34.6 Å². The van der Waals surface area contributed by atoms with Crippen LogP contribution in [0.25, 0.3) is 0 Å². The maximum atomic E-state index is 13.1. The van der Waals surface area contributed by atoms with Crippen molar-refractivity contribution in [2.45, 2.75) is 0 Å². The molecule has 0 aromatic heterocycles. The summed E-state index contributed by atoms with van der Waals surface area (Å²) >= 11 is 10.6. The van der Waals surface area contributed by atoms with Crippen LogP contribution in [-0.4, -0.2) is 11.4 Å². The third-order valence-electron chi connectivity index (χ3n) is 1.40. The summed E-state index contributed by atoms with van der Waals surface area (Å²) in [4.78, 5) is 2.96. The number of rotatable bonds is 0. The van der Waals surface area contributed by atoms with Crippen molar-refractivity contribution in [2.75, 3.05) is 0 Å². The molecule has 1 aliphatic rings. The van der Waals surface area contributed by atoms with Crippen LogP contribution in [0.3, 0.4) is 0 Å². The lowest BCUT2D eigenvalue weighted by molar-refractivity contribution is 0.657. The van der Waals surface area contributed by atoms with E-state index in [0.29, 0.717) is 0 Å². The summed E-state index contributed by atoms with van der Waals surface area (Å²) in [5.41, 5.74) is -1.54. The molecule has 3 nitrogen and oxygen atoms in total. The Morgan fingerprint density at radius 1 is 1.21 bits per heavy atom. The fourth-order valence-electron chi connectivity index (χ4n) is 0.768.